The Balaban J connectivity index is 2.36. The minimum atomic E-state index is -0.378. The summed E-state index contributed by atoms with van der Waals surface area (Å²) in [5.41, 5.74) is 0. The molecule has 1 aromatic rings. The summed E-state index contributed by atoms with van der Waals surface area (Å²) >= 11 is 0. The minimum absolute atomic E-state index is 0.131. The molecule has 2 heterocycles. The highest BCUT2D eigenvalue weighted by Gasteiger charge is 2.33. The van der Waals surface area contributed by atoms with E-state index in [2.05, 4.69) is 20.6 Å². The summed E-state index contributed by atoms with van der Waals surface area (Å²) in [6.07, 6.45) is 0.610. The molecule has 0 saturated carbocycles. The average molecular weight is 277 g/mol. The van der Waals surface area contributed by atoms with E-state index in [0.717, 1.165) is 6.54 Å². The quantitative estimate of drug-likeness (QED) is 0.777. The minimum Gasteiger partial charge on any atom is -0.370 e. The Labute approximate surface area is 117 Å². The highest BCUT2D eigenvalue weighted by Crippen LogP contribution is 2.21. The van der Waals surface area contributed by atoms with E-state index < -0.39 is 0 Å². The van der Waals surface area contributed by atoms with Crippen molar-refractivity contribution in [1.29, 1.82) is 0 Å². The third-order valence-corrected chi connectivity index (χ3v) is 3.12. The SMILES string of the molecule is CCNc1cc(N2CC(=O)NC(=O)C2CC)nc(C)n1. The van der Waals surface area contributed by atoms with Gasteiger partial charge in [0.05, 0.1) is 6.54 Å². The first-order valence-electron chi connectivity index (χ1n) is 6.75. The fourth-order valence-corrected chi connectivity index (χ4v) is 2.28. The lowest BCUT2D eigenvalue weighted by atomic mass is 10.1. The third-order valence-electron chi connectivity index (χ3n) is 3.12. The first-order valence-corrected chi connectivity index (χ1v) is 6.75. The molecule has 1 aliphatic heterocycles. The molecule has 2 rings (SSSR count). The lowest BCUT2D eigenvalue weighted by Gasteiger charge is -2.34. The smallest absolute Gasteiger partial charge is 0.249 e. The molecule has 1 atom stereocenters. The van der Waals surface area contributed by atoms with Crippen LogP contribution < -0.4 is 15.5 Å². The number of carbonyl (C=O) groups excluding carboxylic acids is 2. The van der Waals surface area contributed by atoms with E-state index in [1.807, 2.05) is 13.8 Å². The van der Waals surface area contributed by atoms with Crippen LogP contribution in [0.4, 0.5) is 11.6 Å². The maximum atomic E-state index is 11.9. The molecule has 2 amide bonds. The van der Waals surface area contributed by atoms with Crippen molar-refractivity contribution >= 4 is 23.5 Å². The van der Waals surface area contributed by atoms with Crippen LogP contribution in [0.15, 0.2) is 6.07 Å². The zero-order valence-electron chi connectivity index (χ0n) is 11.9. The number of nitrogens with one attached hydrogen (secondary N) is 2. The van der Waals surface area contributed by atoms with E-state index in [0.29, 0.717) is 23.9 Å². The molecule has 7 heteroatoms. The van der Waals surface area contributed by atoms with Crippen molar-refractivity contribution in [2.75, 3.05) is 23.3 Å². The molecular formula is C13H19N5O2. The third kappa shape index (κ3) is 2.87. The molecule has 0 aliphatic carbocycles. The highest BCUT2D eigenvalue weighted by atomic mass is 16.2. The lowest BCUT2D eigenvalue weighted by molar-refractivity contribution is -0.132. The van der Waals surface area contributed by atoms with Gasteiger partial charge < -0.3 is 10.2 Å². The van der Waals surface area contributed by atoms with Crippen molar-refractivity contribution in [2.24, 2.45) is 0 Å². The number of piperazine rings is 1. The Morgan fingerprint density at radius 2 is 2.15 bits per heavy atom. The van der Waals surface area contributed by atoms with Gasteiger partial charge in [0.25, 0.3) is 0 Å². The summed E-state index contributed by atoms with van der Waals surface area (Å²) in [6.45, 7) is 6.55. The van der Waals surface area contributed by atoms with E-state index in [9.17, 15) is 9.59 Å². The van der Waals surface area contributed by atoms with Crippen LogP contribution in [-0.2, 0) is 9.59 Å². The Morgan fingerprint density at radius 1 is 1.40 bits per heavy atom. The number of hydrogen-bond acceptors (Lipinski definition) is 6. The van der Waals surface area contributed by atoms with Crippen molar-refractivity contribution in [1.82, 2.24) is 15.3 Å². The maximum absolute atomic E-state index is 11.9. The number of aromatic nitrogens is 2. The molecular weight excluding hydrogens is 258 g/mol. The van der Waals surface area contributed by atoms with Crippen LogP contribution >= 0.6 is 0 Å². The molecule has 1 aliphatic rings. The molecule has 0 radical (unpaired) electrons. The summed E-state index contributed by atoms with van der Waals surface area (Å²) in [6, 6.07) is 1.39. The number of aryl methyl sites for hydroxylation is 1. The Morgan fingerprint density at radius 3 is 2.80 bits per heavy atom. The van der Waals surface area contributed by atoms with Gasteiger partial charge in [-0.05, 0) is 20.3 Å². The van der Waals surface area contributed by atoms with Gasteiger partial charge in [-0.3, -0.25) is 14.9 Å². The van der Waals surface area contributed by atoms with Crippen molar-refractivity contribution in [3.05, 3.63) is 11.9 Å². The van der Waals surface area contributed by atoms with E-state index in [4.69, 9.17) is 0 Å². The molecule has 108 valence electrons. The summed E-state index contributed by atoms with van der Waals surface area (Å²) < 4.78 is 0. The summed E-state index contributed by atoms with van der Waals surface area (Å²) in [7, 11) is 0. The van der Waals surface area contributed by atoms with Crippen molar-refractivity contribution < 1.29 is 9.59 Å². The molecule has 1 saturated heterocycles. The van der Waals surface area contributed by atoms with E-state index in [-0.39, 0.29) is 24.4 Å². The van der Waals surface area contributed by atoms with Crippen LogP contribution in [0, 0.1) is 6.92 Å². The topological polar surface area (TPSA) is 87.2 Å². The van der Waals surface area contributed by atoms with Crippen LogP contribution in [0.1, 0.15) is 26.1 Å². The molecule has 1 unspecified atom stereocenters. The number of nitrogens with zero attached hydrogens (tertiary/aromatic N) is 3. The molecule has 0 spiro atoms. The Kier molecular flexibility index (Phi) is 4.16. The Bertz CT molecular complexity index is 531. The molecule has 20 heavy (non-hydrogen) atoms. The second-order valence-electron chi connectivity index (χ2n) is 4.65. The number of rotatable bonds is 4. The fraction of sp³-hybridized carbons (Fsp3) is 0.538. The second-order valence-corrected chi connectivity index (χ2v) is 4.65. The zero-order chi connectivity index (χ0) is 14.7. The number of imide groups is 1. The lowest BCUT2D eigenvalue weighted by Crippen LogP contribution is -2.58. The predicted octanol–water partition coefficient (Wildman–Crippen LogP) is 0.458. The number of anilines is 2. The number of hydrogen-bond donors (Lipinski definition) is 2. The molecule has 0 bridgehead atoms. The van der Waals surface area contributed by atoms with Crippen LogP contribution in [-0.4, -0.2) is 40.9 Å². The first-order chi connectivity index (χ1) is 9.55. The number of amides is 2. The van der Waals surface area contributed by atoms with Crippen molar-refractivity contribution in [3.63, 3.8) is 0 Å². The van der Waals surface area contributed by atoms with Crippen LogP contribution in [0.5, 0.6) is 0 Å². The van der Waals surface area contributed by atoms with Gasteiger partial charge in [-0.1, -0.05) is 6.92 Å². The van der Waals surface area contributed by atoms with Crippen LogP contribution in [0.2, 0.25) is 0 Å². The predicted molar refractivity (Wildman–Crippen MR) is 75.5 cm³/mol. The van der Waals surface area contributed by atoms with Crippen LogP contribution in [0.3, 0.4) is 0 Å². The Hall–Kier alpha value is -2.18. The monoisotopic (exact) mass is 277 g/mol. The zero-order valence-corrected chi connectivity index (χ0v) is 11.9. The van der Waals surface area contributed by atoms with Gasteiger partial charge in [0.1, 0.15) is 23.5 Å². The highest BCUT2D eigenvalue weighted by molar-refractivity contribution is 6.04. The van der Waals surface area contributed by atoms with Gasteiger partial charge in [-0.2, -0.15) is 0 Å². The van der Waals surface area contributed by atoms with Gasteiger partial charge in [-0.15, -0.1) is 0 Å². The van der Waals surface area contributed by atoms with Crippen LogP contribution in [0.25, 0.3) is 0 Å². The van der Waals surface area contributed by atoms with E-state index in [1.165, 1.54) is 0 Å². The number of carbonyl (C=O) groups is 2. The van der Waals surface area contributed by atoms with Gasteiger partial charge >= 0.3 is 0 Å². The second kappa shape index (κ2) is 5.85. The summed E-state index contributed by atoms with van der Waals surface area (Å²) in [4.78, 5) is 33.8. The maximum Gasteiger partial charge on any atom is 0.249 e. The van der Waals surface area contributed by atoms with E-state index in [1.54, 1.807) is 17.9 Å². The van der Waals surface area contributed by atoms with E-state index >= 15 is 0 Å². The summed E-state index contributed by atoms with van der Waals surface area (Å²) in [5, 5.41) is 5.48. The summed E-state index contributed by atoms with van der Waals surface area (Å²) in [5.74, 6) is 1.32. The van der Waals surface area contributed by atoms with Gasteiger partial charge in [0.15, 0.2) is 0 Å². The molecule has 7 nitrogen and oxygen atoms in total. The fourth-order valence-electron chi connectivity index (χ4n) is 2.28. The molecule has 1 aromatic heterocycles. The standard InChI is InChI=1S/C13H19N5O2/c1-4-9-13(20)17-12(19)7-18(9)11-6-10(14-5-2)15-8(3)16-11/h6,9H,4-5,7H2,1-3H3,(H,14,15,16)(H,17,19,20). The largest absolute Gasteiger partial charge is 0.370 e. The molecule has 1 fully saturated rings. The normalized spacial score (nSPS) is 18.9. The molecule has 0 aromatic carbocycles. The van der Waals surface area contributed by atoms with Gasteiger partial charge in [0, 0.05) is 12.6 Å². The van der Waals surface area contributed by atoms with Crippen molar-refractivity contribution in [3.8, 4) is 0 Å². The first kappa shape index (κ1) is 14.2. The molecule has 2 N–H and O–H groups in total. The van der Waals surface area contributed by atoms with Crippen molar-refractivity contribution in [2.45, 2.75) is 33.2 Å². The van der Waals surface area contributed by atoms with Gasteiger partial charge in [-0.25, -0.2) is 9.97 Å². The average Bonchev–Trinajstić information content (AvgIpc) is 2.37. The van der Waals surface area contributed by atoms with Gasteiger partial charge in [0.2, 0.25) is 11.8 Å².